The molecule has 6 heteroatoms. The fourth-order valence-corrected chi connectivity index (χ4v) is 3.32. The molecule has 2 aromatic rings. The summed E-state index contributed by atoms with van der Waals surface area (Å²) in [5, 5.41) is 6.84. The third kappa shape index (κ3) is 6.02. The number of halogens is 1. The van der Waals surface area contributed by atoms with Gasteiger partial charge in [0.1, 0.15) is 5.76 Å². The van der Waals surface area contributed by atoms with E-state index in [0.717, 1.165) is 37.9 Å². The Hall–Kier alpha value is -1.54. The first-order valence-corrected chi connectivity index (χ1v) is 9.12. The van der Waals surface area contributed by atoms with E-state index in [1.807, 2.05) is 19.2 Å². The Balaban J connectivity index is 0.00000243. The number of piperidine rings is 1. The Kier molecular flexibility index (Phi) is 8.97. The van der Waals surface area contributed by atoms with Gasteiger partial charge in [-0.05, 0) is 43.6 Å². The Morgan fingerprint density at radius 1 is 1.08 bits per heavy atom. The van der Waals surface area contributed by atoms with E-state index in [4.69, 9.17) is 4.42 Å². The third-order valence-corrected chi connectivity index (χ3v) is 4.69. The first-order chi connectivity index (χ1) is 12.4. The van der Waals surface area contributed by atoms with Gasteiger partial charge in [0.2, 0.25) is 0 Å². The summed E-state index contributed by atoms with van der Waals surface area (Å²) >= 11 is 0. The molecular formula is C20H29IN4O. The lowest BCUT2D eigenvalue weighted by atomic mass is 10.1. The second-order valence-electron chi connectivity index (χ2n) is 6.42. The monoisotopic (exact) mass is 468 g/mol. The maximum Gasteiger partial charge on any atom is 0.191 e. The summed E-state index contributed by atoms with van der Waals surface area (Å²) in [4.78, 5) is 6.86. The molecule has 1 aromatic carbocycles. The molecule has 0 radical (unpaired) electrons. The van der Waals surface area contributed by atoms with Crippen LogP contribution < -0.4 is 10.6 Å². The van der Waals surface area contributed by atoms with Gasteiger partial charge in [-0.3, -0.25) is 9.89 Å². The highest BCUT2D eigenvalue weighted by Crippen LogP contribution is 2.24. The zero-order valence-corrected chi connectivity index (χ0v) is 17.7. The molecule has 1 fully saturated rings. The first-order valence-electron chi connectivity index (χ1n) is 9.12. The van der Waals surface area contributed by atoms with Crippen molar-refractivity contribution in [3.63, 3.8) is 0 Å². The largest absolute Gasteiger partial charge is 0.468 e. The van der Waals surface area contributed by atoms with Crippen LogP contribution in [0.15, 0.2) is 58.1 Å². The lowest BCUT2D eigenvalue weighted by Crippen LogP contribution is -2.44. The number of guanidine groups is 1. The molecule has 1 aliphatic rings. The lowest BCUT2D eigenvalue weighted by molar-refractivity contribution is 0.146. The molecule has 0 bridgehead atoms. The molecule has 1 atom stereocenters. The maximum absolute atomic E-state index is 5.70. The molecular weight excluding hydrogens is 439 g/mol. The molecule has 142 valence electrons. The maximum atomic E-state index is 5.70. The summed E-state index contributed by atoms with van der Waals surface area (Å²) in [6.07, 6.45) is 5.61. The molecule has 2 N–H and O–H groups in total. The van der Waals surface area contributed by atoms with Crippen molar-refractivity contribution in [2.24, 2.45) is 4.99 Å². The molecule has 2 heterocycles. The van der Waals surface area contributed by atoms with Crippen LogP contribution >= 0.6 is 24.0 Å². The average Bonchev–Trinajstić information content (AvgIpc) is 3.20. The minimum atomic E-state index is 0. The van der Waals surface area contributed by atoms with E-state index in [9.17, 15) is 0 Å². The van der Waals surface area contributed by atoms with Gasteiger partial charge in [-0.1, -0.05) is 36.8 Å². The van der Waals surface area contributed by atoms with Crippen LogP contribution in [0.1, 0.15) is 36.6 Å². The van der Waals surface area contributed by atoms with E-state index in [2.05, 4.69) is 50.9 Å². The molecule has 0 saturated carbocycles. The Labute approximate surface area is 173 Å². The van der Waals surface area contributed by atoms with Crippen LogP contribution in [0.25, 0.3) is 0 Å². The number of nitrogens with zero attached hydrogens (tertiary/aromatic N) is 2. The SMILES string of the molecule is CN=C(NCc1ccccc1)NCC(c1ccco1)N1CCCCC1.I. The van der Waals surface area contributed by atoms with Crippen molar-refractivity contribution in [3.8, 4) is 0 Å². The predicted octanol–water partition coefficient (Wildman–Crippen LogP) is 3.79. The zero-order chi connectivity index (χ0) is 17.3. The summed E-state index contributed by atoms with van der Waals surface area (Å²) < 4.78 is 5.70. The summed E-state index contributed by atoms with van der Waals surface area (Å²) in [6, 6.07) is 14.6. The highest BCUT2D eigenvalue weighted by atomic mass is 127. The fraction of sp³-hybridized carbons (Fsp3) is 0.450. The second kappa shape index (κ2) is 11.2. The van der Waals surface area contributed by atoms with Crippen LogP contribution in [0.2, 0.25) is 0 Å². The van der Waals surface area contributed by atoms with Crippen molar-refractivity contribution >= 4 is 29.9 Å². The van der Waals surface area contributed by atoms with Gasteiger partial charge in [-0.25, -0.2) is 0 Å². The summed E-state index contributed by atoms with van der Waals surface area (Å²) in [5.41, 5.74) is 1.24. The quantitative estimate of drug-likeness (QED) is 0.385. The van der Waals surface area contributed by atoms with E-state index in [0.29, 0.717) is 0 Å². The lowest BCUT2D eigenvalue weighted by Gasteiger charge is -2.33. The van der Waals surface area contributed by atoms with E-state index in [1.54, 1.807) is 6.26 Å². The Morgan fingerprint density at radius 3 is 2.50 bits per heavy atom. The van der Waals surface area contributed by atoms with Gasteiger partial charge in [-0.2, -0.15) is 0 Å². The normalized spacial score (nSPS) is 16.6. The highest BCUT2D eigenvalue weighted by molar-refractivity contribution is 14.0. The van der Waals surface area contributed by atoms with Crippen LogP contribution in [0.4, 0.5) is 0 Å². The van der Waals surface area contributed by atoms with Crippen molar-refractivity contribution < 1.29 is 4.42 Å². The molecule has 0 aliphatic carbocycles. The van der Waals surface area contributed by atoms with Crippen LogP contribution in [-0.2, 0) is 6.54 Å². The van der Waals surface area contributed by atoms with Crippen molar-refractivity contribution in [1.29, 1.82) is 0 Å². The van der Waals surface area contributed by atoms with Gasteiger partial charge >= 0.3 is 0 Å². The number of hydrogen-bond acceptors (Lipinski definition) is 3. The Morgan fingerprint density at radius 2 is 1.85 bits per heavy atom. The molecule has 26 heavy (non-hydrogen) atoms. The molecule has 1 saturated heterocycles. The van der Waals surface area contributed by atoms with Crippen molar-refractivity contribution in [2.75, 3.05) is 26.7 Å². The van der Waals surface area contributed by atoms with Crippen LogP contribution in [0.3, 0.4) is 0 Å². The molecule has 1 aromatic heterocycles. The minimum Gasteiger partial charge on any atom is -0.468 e. The number of benzene rings is 1. The van der Waals surface area contributed by atoms with E-state index in [1.165, 1.54) is 24.8 Å². The first kappa shape index (κ1) is 20.8. The second-order valence-corrected chi connectivity index (χ2v) is 6.42. The smallest absolute Gasteiger partial charge is 0.191 e. The number of rotatable bonds is 6. The van der Waals surface area contributed by atoms with Gasteiger partial charge in [0.25, 0.3) is 0 Å². The number of likely N-dealkylation sites (tertiary alicyclic amines) is 1. The molecule has 1 aliphatic heterocycles. The number of nitrogens with one attached hydrogen (secondary N) is 2. The Bertz CT molecular complexity index is 639. The van der Waals surface area contributed by atoms with Crippen molar-refractivity contribution in [1.82, 2.24) is 15.5 Å². The average molecular weight is 468 g/mol. The van der Waals surface area contributed by atoms with Gasteiger partial charge in [0.05, 0.1) is 12.3 Å². The molecule has 1 unspecified atom stereocenters. The van der Waals surface area contributed by atoms with Crippen molar-refractivity contribution in [2.45, 2.75) is 31.8 Å². The van der Waals surface area contributed by atoms with Gasteiger partial charge in [-0.15, -0.1) is 24.0 Å². The summed E-state index contributed by atoms with van der Waals surface area (Å²) in [6.45, 7) is 3.80. The molecule has 0 spiro atoms. The standard InChI is InChI=1S/C20H28N4O.HI/c1-21-20(22-15-17-9-4-2-5-10-17)23-16-18(19-11-8-14-25-19)24-12-6-3-7-13-24;/h2,4-5,8-11,14,18H,3,6-7,12-13,15-16H2,1H3,(H2,21,22,23);1H. The molecule has 0 amide bonds. The number of furan rings is 1. The fourth-order valence-electron chi connectivity index (χ4n) is 3.32. The van der Waals surface area contributed by atoms with Crippen LogP contribution in [0, 0.1) is 0 Å². The third-order valence-electron chi connectivity index (χ3n) is 4.69. The minimum absolute atomic E-state index is 0. The van der Waals surface area contributed by atoms with Gasteiger partial charge in [0.15, 0.2) is 5.96 Å². The highest BCUT2D eigenvalue weighted by Gasteiger charge is 2.24. The summed E-state index contributed by atoms with van der Waals surface area (Å²) in [5.74, 6) is 1.84. The predicted molar refractivity (Wildman–Crippen MR) is 117 cm³/mol. The van der Waals surface area contributed by atoms with Crippen LogP contribution in [0.5, 0.6) is 0 Å². The van der Waals surface area contributed by atoms with Gasteiger partial charge in [0, 0.05) is 20.1 Å². The van der Waals surface area contributed by atoms with E-state index in [-0.39, 0.29) is 30.0 Å². The molecule has 3 rings (SSSR count). The van der Waals surface area contributed by atoms with Gasteiger partial charge < -0.3 is 15.1 Å². The van der Waals surface area contributed by atoms with Crippen molar-refractivity contribution in [3.05, 3.63) is 60.1 Å². The van der Waals surface area contributed by atoms with Crippen LogP contribution in [-0.4, -0.2) is 37.5 Å². The summed E-state index contributed by atoms with van der Waals surface area (Å²) in [7, 11) is 1.81. The zero-order valence-electron chi connectivity index (χ0n) is 15.4. The number of hydrogen-bond donors (Lipinski definition) is 2. The number of aliphatic imine (C=N–C) groups is 1. The van der Waals surface area contributed by atoms with E-state index < -0.39 is 0 Å². The van der Waals surface area contributed by atoms with E-state index >= 15 is 0 Å². The topological polar surface area (TPSA) is 52.8 Å². The molecule has 5 nitrogen and oxygen atoms in total.